The lowest BCUT2D eigenvalue weighted by atomic mass is 10.2. The number of aromatic hydroxyl groups is 1. The fourth-order valence-electron chi connectivity index (χ4n) is 0.920. The van der Waals surface area contributed by atoms with E-state index in [4.69, 9.17) is 0 Å². The van der Waals surface area contributed by atoms with Crippen LogP contribution in [-0.4, -0.2) is 15.8 Å². The van der Waals surface area contributed by atoms with E-state index in [1.54, 1.807) is 18.2 Å². The number of amides is 1. The molecule has 0 bridgehead atoms. The van der Waals surface area contributed by atoms with Gasteiger partial charge < -0.3 is 5.11 Å². The van der Waals surface area contributed by atoms with Crippen LogP contribution in [0.1, 0.15) is 31.1 Å². The van der Waals surface area contributed by atoms with Gasteiger partial charge in [0.2, 0.25) is 0 Å². The highest BCUT2D eigenvalue weighted by Gasteiger charge is 2.15. The van der Waals surface area contributed by atoms with Crippen LogP contribution < -0.4 is 4.72 Å². The molecule has 0 aliphatic rings. The lowest BCUT2D eigenvalue weighted by molar-refractivity contribution is 0.0981. The predicted octanol–water partition coefficient (Wildman–Crippen LogP) is 2.57. The quantitative estimate of drug-likeness (QED) is 0.760. The maximum atomic E-state index is 11.6. The SMILES string of the molecule is CC(C)(C)SNC(=O)c1ccccc1O. The molecule has 0 aliphatic carbocycles. The molecule has 82 valence electrons. The number of carbonyl (C=O) groups excluding carboxylic acids is 1. The molecule has 0 heterocycles. The predicted molar refractivity (Wildman–Crippen MR) is 62.9 cm³/mol. The van der Waals surface area contributed by atoms with Crippen LogP contribution in [0.25, 0.3) is 0 Å². The van der Waals surface area contributed by atoms with Gasteiger partial charge in [-0.1, -0.05) is 12.1 Å². The number of para-hydroxylation sites is 1. The summed E-state index contributed by atoms with van der Waals surface area (Å²) in [7, 11) is 0. The molecule has 1 rings (SSSR count). The van der Waals surface area contributed by atoms with Crippen LogP contribution in [0.15, 0.2) is 24.3 Å². The molecule has 1 aromatic rings. The van der Waals surface area contributed by atoms with E-state index in [-0.39, 0.29) is 16.4 Å². The van der Waals surface area contributed by atoms with Crippen molar-refractivity contribution in [1.82, 2.24) is 4.72 Å². The first-order chi connectivity index (χ1) is 6.90. The largest absolute Gasteiger partial charge is 0.507 e. The standard InChI is InChI=1S/C11H15NO2S/c1-11(2,3)15-12-10(14)8-6-4-5-7-9(8)13/h4-7,13H,1-3H3,(H,12,14). The zero-order chi connectivity index (χ0) is 11.5. The summed E-state index contributed by atoms with van der Waals surface area (Å²) in [5, 5.41) is 9.44. The molecular formula is C11H15NO2S. The molecule has 0 saturated heterocycles. The number of carbonyl (C=O) groups is 1. The third-order valence-electron chi connectivity index (χ3n) is 1.60. The molecule has 0 aromatic heterocycles. The highest BCUT2D eigenvalue weighted by atomic mass is 32.2. The molecule has 0 atom stereocenters. The number of rotatable bonds is 2. The minimum atomic E-state index is -0.270. The number of phenolic OH excluding ortho intramolecular Hbond substituents is 1. The third kappa shape index (κ3) is 3.83. The maximum absolute atomic E-state index is 11.6. The average Bonchev–Trinajstić information content (AvgIpc) is 2.14. The average molecular weight is 225 g/mol. The number of hydrogen-bond acceptors (Lipinski definition) is 3. The van der Waals surface area contributed by atoms with Crippen molar-refractivity contribution in [3.8, 4) is 5.75 Å². The molecule has 0 saturated carbocycles. The molecule has 1 aromatic carbocycles. The second-order valence-corrected chi connectivity index (χ2v) is 5.80. The first-order valence-electron chi connectivity index (χ1n) is 4.66. The van der Waals surface area contributed by atoms with Crippen molar-refractivity contribution in [3.05, 3.63) is 29.8 Å². The highest BCUT2D eigenvalue weighted by molar-refractivity contribution is 7.99. The molecule has 1 amide bonds. The Hall–Kier alpha value is -1.16. The van der Waals surface area contributed by atoms with Gasteiger partial charge in [-0.3, -0.25) is 9.52 Å². The Morgan fingerprint density at radius 3 is 2.47 bits per heavy atom. The zero-order valence-electron chi connectivity index (χ0n) is 9.07. The third-order valence-corrected chi connectivity index (χ3v) is 2.50. The summed E-state index contributed by atoms with van der Waals surface area (Å²) in [6.45, 7) is 6.01. The van der Waals surface area contributed by atoms with Crippen molar-refractivity contribution < 1.29 is 9.90 Å². The van der Waals surface area contributed by atoms with Crippen LogP contribution in [-0.2, 0) is 0 Å². The summed E-state index contributed by atoms with van der Waals surface area (Å²) in [6.07, 6.45) is 0. The fourth-order valence-corrected chi connectivity index (χ4v) is 1.43. The number of phenols is 1. The maximum Gasteiger partial charge on any atom is 0.264 e. The Balaban J connectivity index is 2.66. The molecule has 0 unspecified atom stereocenters. The summed E-state index contributed by atoms with van der Waals surface area (Å²) in [6, 6.07) is 6.49. The van der Waals surface area contributed by atoms with Crippen molar-refractivity contribution in [1.29, 1.82) is 0 Å². The van der Waals surface area contributed by atoms with Crippen LogP contribution >= 0.6 is 11.9 Å². The van der Waals surface area contributed by atoms with E-state index in [2.05, 4.69) is 4.72 Å². The van der Waals surface area contributed by atoms with E-state index in [0.29, 0.717) is 5.56 Å². The molecule has 4 heteroatoms. The second kappa shape index (κ2) is 4.57. The molecule has 0 spiro atoms. The van der Waals surface area contributed by atoms with Crippen LogP contribution in [0, 0.1) is 0 Å². The minimum absolute atomic E-state index is 0.00418. The van der Waals surface area contributed by atoms with E-state index < -0.39 is 0 Å². The lowest BCUT2D eigenvalue weighted by Crippen LogP contribution is -2.23. The van der Waals surface area contributed by atoms with Crippen LogP contribution in [0.3, 0.4) is 0 Å². The van der Waals surface area contributed by atoms with E-state index in [1.165, 1.54) is 18.0 Å². The Morgan fingerprint density at radius 1 is 1.33 bits per heavy atom. The van der Waals surface area contributed by atoms with E-state index in [1.807, 2.05) is 20.8 Å². The molecule has 15 heavy (non-hydrogen) atoms. The Labute approximate surface area is 94.0 Å². The molecular weight excluding hydrogens is 210 g/mol. The first-order valence-corrected chi connectivity index (χ1v) is 5.48. The zero-order valence-corrected chi connectivity index (χ0v) is 9.89. The summed E-state index contributed by atoms with van der Waals surface area (Å²) in [4.78, 5) is 11.6. The fraction of sp³-hybridized carbons (Fsp3) is 0.364. The van der Waals surface area contributed by atoms with Gasteiger partial charge in [0.1, 0.15) is 5.75 Å². The van der Waals surface area contributed by atoms with Crippen molar-refractivity contribution in [2.75, 3.05) is 0 Å². The monoisotopic (exact) mass is 225 g/mol. The second-order valence-electron chi connectivity index (χ2n) is 4.16. The molecule has 3 nitrogen and oxygen atoms in total. The summed E-state index contributed by atoms with van der Waals surface area (Å²) >= 11 is 1.33. The number of benzene rings is 1. The normalized spacial score (nSPS) is 11.1. The van der Waals surface area contributed by atoms with Gasteiger partial charge in [0.25, 0.3) is 5.91 Å². The van der Waals surface area contributed by atoms with Crippen molar-refractivity contribution in [3.63, 3.8) is 0 Å². The van der Waals surface area contributed by atoms with Gasteiger partial charge >= 0.3 is 0 Å². The Kier molecular flexibility index (Phi) is 3.63. The summed E-state index contributed by atoms with van der Waals surface area (Å²) in [5.74, 6) is -0.266. The van der Waals surface area contributed by atoms with Gasteiger partial charge in [-0.25, -0.2) is 0 Å². The van der Waals surface area contributed by atoms with Crippen LogP contribution in [0.2, 0.25) is 0 Å². The van der Waals surface area contributed by atoms with Gasteiger partial charge in [0.05, 0.1) is 5.56 Å². The smallest absolute Gasteiger partial charge is 0.264 e. The van der Waals surface area contributed by atoms with Gasteiger partial charge in [0, 0.05) is 4.75 Å². The Morgan fingerprint density at radius 2 is 1.93 bits per heavy atom. The topological polar surface area (TPSA) is 49.3 Å². The minimum Gasteiger partial charge on any atom is -0.507 e. The van der Waals surface area contributed by atoms with E-state index >= 15 is 0 Å². The molecule has 0 fully saturated rings. The number of hydrogen-bond donors (Lipinski definition) is 2. The van der Waals surface area contributed by atoms with Gasteiger partial charge in [0.15, 0.2) is 0 Å². The summed E-state index contributed by atoms with van der Waals surface area (Å²) < 4.78 is 2.66. The summed E-state index contributed by atoms with van der Waals surface area (Å²) in [5.41, 5.74) is 0.300. The lowest BCUT2D eigenvalue weighted by Gasteiger charge is -2.17. The van der Waals surface area contributed by atoms with Gasteiger partial charge in [-0.15, -0.1) is 0 Å². The van der Waals surface area contributed by atoms with E-state index in [9.17, 15) is 9.90 Å². The van der Waals surface area contributed by atoms with Crippen LogP contribution in [0.5, 0.6) is 5.75 Å². The van der Waals surface area contributed by atoms with Crippen molar-refractivity contribution in [2.24, 2.45) is 0 Å². The Bertz CT molecular complexity index is 358. The molecule has 0 radical (unpaired) electrons. The van der Waals surface area contributed by atoms with E-state index in [0.717, 1.165) is 0 Å². The number of nitrogens with one attached hydrogen (secondary N) is 1. The van der Waals surface area contributed by atoms with Gasteiger partial charge in [-0.2, -0.15) is 0 Å². The van der Waals surface area contributed by atoms with Crippen molar-refractivity contribution in [2.45, 2.75) is 25.5 Å². The molecule has 0 aliphatic heterocycles. The van der Waals surface area contributed by atoms with Crippen LogP contribution in [0.4, 0.5) is 0 Å². The highest BCUT2D eigenvalue weighted by Crippen LogP contribution is 2.22. The van der Waals surface area contributed by atoms with Crippen molar-refractivity contribution >= 4 is 17.9 Å². The van der Waals surface area contributed by atoms with Gasteiger partial charge in [-0.05, 0) is 44.9 Å². The molecule has 2 N–H and O–H groups in total. The first kappa shape index (κ1) is 11.9.